The highest BCUT2D eigenvalue weighted by Gasteiger charge is 2.47. The lowest BCUT2D eigenvalue weighted by molar-refractivity contribution is -0.331. The average molecular weight is 413 g/mol. The number of rotatable bonds is 6. The molecule has 0 saturated carbocycles. The molecule has 5 heteroatoms. The van der Waals surface area contributed by atoms with Gasteiger partial charge in [-0.05, 0) is 74.9 Å². The van der Waals surface area contributed by atoms with Crippen LogP contribution in [0.1, 0.15) is 60.6 Å². The molecule has 3 rings (SSSR count). The molecule has 0 amide bonds. The third kappa shape index (κ3) is 4.43. The fraction of sp³-hybridized carbons (Fsp3) is 0.480. The third-order valence-electron chi connectivity index (χ3n) is 5.65. The van der Waals surface area contributed by atoms with Crippen LogP contribution in [0.3, 0.4) is 0 Å². The number of hydrogen-bond acceptors (Lipinski definition) is 5. The summed E-state index contributed by atoms with van der Waals surface area (Å²) in [5, 5.41) is 0. The fourth-order valence-electron chi connectivity index (χ4n) is 4.66. The van der Waals surface area contributed by atoms with Gasteiger partial charge in [0.25, 0.3) is 0 Å². The predicted molar refractivity (Wildman–Crippen MR) is 115 cm³/mol. The van der Waals surface area contributed by atoms with Gasteiger partial charge < -0.3 is 9.47 Å². The number of aryl methyl sites for hydroxylation is 4. The van der Waals surface area contributed by atoms with Crippen LogP contribution in [-0.4, -0.2) is 24.5 Å². The van der Waals surface area contributed by atoms with Crippen LogP contribution in [0.4, 0.5) is 0 Å². The molecular weight excluding hydrogens is 380 g/mol. The molecule has 0 N–H and O–H groups in total. The second-order valence-corrected chi connectivity index (χ2v) is 8.67. The normalized spacial score (nSPS) is 18.4. The van der Waals surface area contributed by atoms with E-state index in [1.807, 2.05) is 26.0 Å². The number of ether oxygens (including phenoxy) is 2. The van der Waals surface area contributed by atoms with Crippen molar-refractivity contribution in [3.63, 3.8) is 0 Å². The zero-order chi connectivity index (χ0) is 22.1. The van der Waals surface area contributed by atoms with Gasteiger partial charge in [0.1, 0.15) is 0 Å². The molecular formula is C25H32O5. The number of hydrogen-bond donors (Lipinski definition) is 0. The van der Waals surface area contributed by atoms with Crippen molar-refractivity contribution >= 4 is 5.97 Å². The molecule has 30 heavy (non-hydrogen) atoms. The Balaban J connectivity index is 2.27. The van der Waals surface area contributed by atoms with E-state index in [-0.39, 0.29) is 6.10 Å². The molecule has 0 spiro atoms. The highest BCUT2D eigenvalue weighted by atomic mass is 17.2. The molecule has 1 aliphatic rings. The second-order valence-electron chi connectivity index (χ2n) is 8.67. The largest absolute Gasteiger partial charge is 0.348 e. The van der Waals surface area contributed by atoms with E-state index >= 15 is 0 Å². The minimum absolute atomic E-state index is 0.228. The van der Waals surface area contributed by atoms with E-state index in [0.29, 0.717) is 13.0 Å². The summed E-state index contributed by atoms with van der Waals surface area (Å²) in [6.45, 7) is 13.8. The first kappa shape index (κ1) is 22.5. The Bertz CT molecular complexity index is 839. The summed E-state index contributed by atoms with van der Waals surface area (Å²) in [6.07, 6.45) is 0.217. The molecule has 1 atom stereocenters. The maximum absolute atomic E-state index is 11.8. The molecule has 1 heterocycles. The lowest BCUT2D eigenvalue weighted by Gasteiger charge is -2.38. The Labute approximate surface area is 179 Å². The lowest BCUT2D eigenvalue weighted by atomic mass is 9.74. The van der Waals surface area contributed by atoms with Gasteiger partial charge in [0.05, 0.1) is 12.7 Å². The van der Waals surface area contributed by atoms with Gasteiger partial charge in [-0.2, -0.15) is 4.89 Å². The Morgan fingerprint density at radius 1 is 1.00 bits per heavy atom. The topological polar surface area (TPSA) is 54.0 Å². The quantitative estimate of drug-likeness (QED) is 0.482. The van der Waals surface area contributed by atoms with Crippen LogP contribution in [0, 0.1) is 27.7 Å². The number of carbonyl (C=O) groups is 1. The van der Waals surface area contributed by atoms with E-state index in [4.69, 9.17) is 19.2 Å². The van der Waals surface area contributed by atoms with E-state index in [9.17, 15) is 4.79 Å². The Morgan fingerprint density at radius 2 is 1.47 bits per heavy atom. The zero-order valence-corrected chi connectivity index (χ0v) is 19.0. The van der Waals surface area contributed by atoms with Crippen molar-refractivity contribution in [3.8, 4) is 0 Å². The van der Waals surface area contributed by atoms with Crippen molar-refractivity contribution in [1.29, 1.82) is 0 Å². The predicted octanol–water partition coefficient (Wildman–Crippen LogP) is 5.20. The van der Waals surface area contributed by atoms with Crippen LogP contribution in [0.2, 0.25) is 0 Å². The molecule has 1 fully saturated rings. The van der Waals surface area contributed by atoms with E-state index in [2.05, 4.69) is 52.0 Å². The summed E-state index contributed by atoms with van der Waals surface area (Å²) in [5.41, 5.74) is 5.16. The lowest BCUT2D eigenvalue weighted by Crippen LogP contribution is -2.40. The summed E-state index contributed by atoms with van der Waals surface area (Å²) in [6, 6.07) is 12.3. The summed E-state index contributed by atoms with van der Waals surface area (Å²) in [7, 11) is 0. The summed E-state index contributed by atoms with van der Waals surface area (Å²) < 4.78 is 12.0. The van der Waals surface area contributed by atoms with Crippen LogP contribution in [-0.2, 0) is 29.6 Å². The van der Waals surface area contributed by atoms with Crippen molar-refractivity contribution in [3.05, 3.63) is 69.8 Å². The molecule has 0 aliphatic carbocycles. The summed E-state index contributed by atoms with van der Waals surface area (Å²) >= 11 is 0. The minimum atomic E-state index is -1.04. The van der Waals surface area contributed by atoms with Gasteiger partial charge in [-0.3, -0.25) is 4.89 Å². The first-order valence-electron chi connectivity index (χ1n) is 10.4. The van der Waals surface area contributed by atoms with Crippen LogP contribution in [0.5, 0.6) is 0 Å². The van der Waals surface area contributed by atoms with Gasteiger partial charge in [0.15, 0.2) is 11.4 Å². The first-order valence-corrected chi connectivity index (χ1v) is 10.4. The van der Waals surface area contributed by atoms with Crippen molar-refractivity contribution in [1.82, 2.24) is 0 Å². The van der Waals surface area contributed by atoms with Crippen molar-refractivity contribution < 1.29 is 24.0 Å². The standard InChI is InChI=1S/C25H32O5/c1-16-10-8-11-17(2)22(16)25(30-29-20(5)26,14-21-15-27-24(6,7)28-21)23-18(3)12-9-13-19(23)4/h8-13,21H,14-15H2,1-7H3. The molecule has 2 aromatic rings. The maximum Gasteiger partial charge on any atom is 0.339 e. The Hall–Kier alpha value is -2.21. The van der Waals surface area contributed by atoms with Gasteiger partial charge >= 0.3 is 5.97 Å². The van der Waals surface area contributed by atoms with E-state index < -0.39 is 17.4 Å². The molecule has 1 saturated heterocycles. The van der Waals surface area contributed by atoms with Gasteiger partial charge in [-0.15, -0.1) is 0 Å². The Kier molecular flexibility index (Phi) is 6.37. The van der Waals surface area contributed by atoms with E-state index in [0.717, 1.165) is 33.4 Å². The van der Waals surface area contributed by atoms with Crippen molar-refractivity contribution in [2.45, 2.75) is 72.4 Å². The van der Waals surface area contributed by atoms with Crippen LogP contribution in [0.25, 0.3) is 0 Å². The second kappa shape index (κ2) is 8.50. The molecule has 0 aromatic heterocycles. The minimum Gasteiger partial charge on any atom is -0.348 e. The van der Waals surface area contributed by atoms with Crippen LogP contribution >= 0.6 is 0 Å². The molecule has 0 radical (unpaired) electrons. The molecule has 162 valence electrons. The van der Waals surface area contributed by atoms with Crippen LogP contribution < -0.4 is 0 Å². The van der Waals surface area contributed by atoms with Gasteiger partial charge in [-0.25, -0.2) is 4.79 Å². The Morgan fingerprint density at radius 3 is 1.83 bits per heavy atom. The average Bonchev–Trinajstić information content (AvgIpc) is 2.97. The molecule has 5 nitrogen and oxygen atoms in total. The molecule has 1 aliphatic heterocycles. The van der Waals surface area contributed by atoms with Gasteiger partial charge in [-0.1, -0.05) is 36.4 Å². The monoisotopic (exact) mass is 412 g/mol. The van der Waals surface area contributed by atoms with E-state index in [1.54, 1.807) is 0 Å². The van der Waals surface area contributed by atoms with Crippen molar-refractivity contribution in [2.24, 2.45) is 0 Å². The number of benzene rings is 2. The fourth-order valence-corrected chi connectivity index (χ4v) is 4.66. The van der Waals surface area contributed by atoms with Gasteiger partial charge in [0.2, 0.25) is 0 Å². The third-order valence-corrected chi connectivity index (χ3v) is 5.65. The molecule has 0 bridgehead atoms. The van der Waals surface area contributed by atoms with Crippen molar-refractivity contribution in [2.75, 3.05) is 6.61 Å². The smallest absolute Gasteiger partial charge is 0.339 e. The highest BCUT2D eigenvalue weighted by molar-refractivity contribution is 5.65. The molecule has 1 unspecified atom stereocenters. The summed E-state index contributed by atoms with van der Waals surface area (Å²) in [4.78, 5) is 23.2. The number of carbonyl (C=O) groups excluding carboxylic acids is 1. The highest BCUT2D eigenvalue weighted by Crippen LogP contribution is 2.46. The van der Waals surface area contributed by atoms with Gasteiger partial charge in [0, 0.05) is 13.3 Å². The maximum atomic E-state index is 11.8. The molecule has 2 aromatic carbocycles. The first-order chi connectivity index (χ1) is 14.1. The van der Waals surface area contributed by atoms with Crippen LogP contribution in [0.15, 0.2) is 36.4 Å². The van der Waals surface area contributed by atoms with E-state index in [1.165, 1.54) is 6.92 Å². The zero-order valence-electron chi connectivity index (χ0n) is 19.0. The SMILES string of the molecule is CC(=O)OOC(CC1COC(C)(C)O1)(c1c(C)cccc1C)c1c(C)cccc1C. The summed E-state index contributed by atoms with van der Waals surface area (Å²) in [5.74, 6) is -1.17.